The van der Waals surface area contributed by atoms with Gasteiger partial charge in [-0.1, -0.05) is 0 Å². The molecule has 0 bridgehead atoms. The number of aliphatic hydroxyl groups excluding tert-OH is 1. The second-order valence-corrected chi connectivity index (χ2v) is 8.89. The molecule has 1 amide bonds. The molecule has 2 aliphatic carbocycles. The molecule has 0 spiro atoms. The second kappa shape index (κ2) is 8.60. The maximum Gasteiger partial charge on any atom is 0.274 e. The Hall–Kier alpha value is -3.24. The van der Waals surface area contributed by atoms with Crippen molar-refractivity contribution in [1.82, 2.24) is 24.5 Å². The Morgan fingerprint density at radius 3 is 2.82 bits per heavy atom. The summed E-state index contributed by atoms with van der Waals surface area (Å²) in [5, 5.41) is 20.4. The van der Waals surface area contributed by atoms with Gasteiger partial charge in [0.2, 0.25) is 0 Å². The fourth-order valence-corrected chi connectivity index (χ4v) is 4.68. The smallest absolute Gasteiger partial charge is 0.274 e. The number of nitrogens with one attached hydrogen (secondary N) is 2. The number of methoxy groups -OCH3 is 1. The van der Waals surface area contributed by atoms with E-state index in [0.29, 0.717) is 29.1 Å². The molecule has 0 aromatic carbocycles. The average molecular weight is 453 g/mol. The minimum Gasteiger partial charge on any atom is -0.391 e. The minimum absolute atomic E-state index is 0.0597. The summed E-state index contributed by atoms with van der Waals surface area (Å²) in [5.41, 5.74) is 1.70. The zero-order valence-corrected chi connectivity index (χ0v) is 18.7. The number of pyridine rings is 1. The molecule has 2 saturated carbocycles. The second-order valence-electron chi connectivity index (χ2n) is 8.89. The fraction of sp³-hybridized carbons (Fsp3) is 0.478. The first kappa shape index (κ1) is 21.6. The summed E-state index contributed by atoms with van der Waals surface area (Å²) >= 11 is 0. The number of aryl methyl sites for hydroxylation is 1. The van der Waals surface area contributed by atoms with Crippen LogP contribution in [0.15, 0.2) is 35.4 Å². The minimum atomic E-state index is -0.499. The van der Waals surface area contributed by atoms with Crippen LogP contribution in [0.25, 0.3) is 5.65 Å². The van der Waals surface area contributed by atoms with Crippen LogP contribution >= 0.6 is 0 Å². The number of carbonyl (C=O) groups excluding carboxylic acids is 1. The van der Waals surface area contributed by atoms with Crippen molar-refractivity contribution in [1.29, 1.82) is 0 Å². The topological polar surface area (TPSA) is 123 Å². The molecule has 3 aromatic rings. The highest BCUT2D eigenvalue weighted by atomic mass is 16.5. The van der Waals surface area contributed by atoms with Crippen molar-refractivity contribution >= 4 is 23.1 Å². The zero-order chi connectivity index (χ0) is 23.1. The third-order valence-electron chi connectivity index (χ3n) is 6.74. The van der Waals surface area contributed by atoms with E-state index in [0.717, 1.165) is 31.4 Å². The van der Waals surface area contributed by atoms with E-state index in [1.54, 1.807) is 40.6 Å². The number of hydrogen-bond donors (Lipinski definition) is 3. The van der Waals surface area contributed by atoms with Gasteiger partial charge < -0.3 is 25.0 Å². The summed E-state index contributed by atoms with van der Waals surface area (Å²) < 4.78 is 8.57. The van der Waals surface area contributed by atoms with E-state index in [1.165, 1.54) is 6.20 Å². The molecule has 3 heterocycles. The number of amides is 1. The highest BCUT2D eigenvalue weighted by molar-refractivity contribution is 6.00. The Morgan fingerprint density at radius 2 is 2.12 bits per heavy atom. The molecule has 2 fully saturated rings. The molecule has 0 unspecified atom stereocenters. The predicted octanol–water partition coefficient (Wildman–Crippen LogP) is 1.94. The maximum atomic E-state index is 13.0. The molecule has 33 heavy (non-hydrogen) atoms. The summed E-state index contributed by atoms with van der Waals surface area (Å²) in [6.45, 7) is 1.86. The van der Waals surface area contributed by atoms with E-state index in [-0.39, 0.29) is 29.7 Å². The highest BCUT2D eigenvalue weighted by Gasteiger charge is 2.31. The van der Waals surface area contributed by atoms with Crippen LogP contribution in [-0.4, -0.2) is 55.5 Å². The van der Waals surface area contributed by atoms with Gasteiger partial charge in [-0.2, -0.15) is 5.10 Å². The van der Waals surface area contributed by atoms with Crippen LogP contribution in [0.5, 0.6) is 0 Å². The van der Waals surface area contributed by atoms with Crippen molar-refractivity contribution in [3.63, 3.8) is 0 Å². The van der Waals surface area contributed by atoms with Gasteiger partial charge in [-0.3, -0.25) is 9.59 Å². The molecule has 2 aliphatic rings. The number of aromatic nitrogens is 4. The predicted molar refractivity (Wildman–Crippen MR) is 122 cm³/mol. The molecule has 5 rings (SSSR count). The monoisotopic (exact) mass is 452 g/mol. The SMILES string of the molecule is CO[C@@H]1CC[C@@H](NC(=O)c2cnn3c(C)cc(Nc4cccn([C@H]5CC[C@H]5O)c4=O)nc23)C1. The quantitative estimate of drug-likeness (QED) is 0.522. The first-order valence-corrected chi connectivity index (χ1v) is 11.3. The largest absolute Gasteiger partial charge is 0.391 e. The molecule has 10 heteroatoms. The standard InChI is InChI=1S/C23H28N6O4/c1-13-10-20(26-17-4-3-9-28(23(17)32)18-7-8-19(18)30)27-21-16(12-24-29(13)21)22(31)25-14-5-6-15(11-14)33-2/h3-4,9-10,12,14-15,18-19,30H,5-8,11H2,1-2H3,(H,25,31)(H,26,27)/t14-,15-,18+,19-/m1/s1. The molecular formula is C23H28N6O4. The Bertz CT molecular complexity index is 1250. The number of aliphatic hydroxyl groups is 1. The number of carbonyl (C=O) groups is 1. The summed E-state index contributed by atoms with van der Waals surface area (Å²) in [5.74, 6) is 0.218. The molecule has 3 N–H and O–H groups in total. The van der Waals surface area contributed by atoms with Gasteiger partial charge in [0.25, 0.3) is 11.5 Å². The lowest BCUT2D eigenvalue weighted by atomic mass is 9.89. The summed E-state index contributed by atoms with van der Waals surface area (Å²) in [4.78, 5) is 30.5. The lowest BCUT2D eigenvalue weighted by molar-refractivity contribution is 0.0300. The molecule has 0 saturated heterocycles. The van der Waals surface area contributed by atoms with Gasteiger partial charge in [0.15, 0.2) is 5.65 Å². The number of fused-ring (bicyclic) bond motifs is 1. The normalized spacial score (nSPS) is 24.6. The lowest BCUT2D eigenvalue weighted by Crippen LogP contribution is -2.39. The van der Waals surface area contributed by atoms with Crippen molar-refractivity contribution in [2.24, 2.45) is 0 Å². The van der Waals surface area contributed by atoms with Crippen LogP contribution < -0.4 is 16.2 Å². The number of nitrogens with zero attached hydrogens (tertiary/aromatic N) is 4. The van der Waals surface area contributed by atoms with Crippen LogP contribution in [0.2, 0.25) is 0 Å². The zero-order valence-electron chi connectivity index (χ0n) is 18.7. The van der Waals surface area contributed by atoms with Crippen molar-refractivity contribution in [2.45, 2.75) is 63.3 Å². The van der Waals surface area contributed by atoms with Gasteiger partial charge >= 0.3 is 0 Å². The number of hydrogen-bond acceptors (Lipinski definition) is 7. The number of anilines is 2. The average Bonchev–Trinajstić information content (AvgIpc) is 3.42. The van der Waals surface area contributed by atoms with Crippen molar-refractivity contribution in [2.75, 3.05) is 12.4 Å². The Balaban J connectivity index is 1.41. The van der Waals surface area contributed by atoms with Crippen molar-refractivity contribution in [3.8, 4) is 0 Å². The summed E-state index contributed by atoms with van der Waals surface area (Å²) in [6, 6.07) is 5.09. The van der Waals surface area contributed by atoms with Gasteiger partial charge in [-0.15, -0.1) is 0 Å². The molecule has 10 nitrogen and oxygen atoms in total. The first-order valence-electron chi connectivity index (χ1n) is 11.3. The van der Waals surface area contributed by atoms with Crippen molar-refractivity contribution in [3.05, 3.63) is 52.2 Å². The molecule has 3 aromatic heterocycles. The molecule has 0 radical (unpaired) electrons. The number of ether oxygens (including phenoxy) is 1. The highest BCUT2D eigenvalue weighted by Crippen LogP contribution is 2.31. The van der Waals surface area contributed by atoms with Crippen LogP contribution in [0.1, 0.15) is 54.2 Å². The van der Waals surface area contributed by atoms with E-state index in [9.17, 15) is 14.7 Å². The van der Waals surface area contributed by atoms with E-state index in [2.05, 4.69) is 20.7 Å². The van der Waals surface area contributed by atoms with Gasteiger partial charge in [0.05, 0.1) is 24.4 Å². The van der Waals surface area contributed by atoms with Gasteiger partial charge in [0, 0.05) is 31.1 Å². The van der Waals surface area contributed by atoms with Gasteiger partial charge in [-0.05, 0) is 51.2 Å². The third kappa shape index (κ3) is 4.00. The third-order valence-corrected chi connectivity index (χ3v) is 6.74. The Labute approximate surface area is 190 Å². The number of rotatable bonds is 6. The summed E-state index contributed by atoms with van der Waals surface area (Å²) in [6.07, 6.45) is 6.94. The fourth-order valence-electron chi connectivity index (χ4n) is 4.68. The molecule has 4 atom stereocenters. The van der Waals surface area contributed by atoms with Gasteiger partial charge in [-0.25, -0.2) is 9.50 Å². The van der Waals surface area contributed by atoms with E-state index in [1.807, 2.05) is 6.92 Å². The maximum absolute atomic E-state index is 13.0. The van der Waals surface area contributed by atoms with Crippen LogP contribution in [0, 0.1) is 6.92 Å². The van der Waals surface area contributed by atoms with Crippen LogP contribution in [-0.2, 0) is 4.74 Å². The Morgan fingerprint density at radius 1 is 1.27 bits per heavy atom. The van der Waals surface area contributed by atoms with E-state index in [4.69, 9.17) is 4.74 Å². The molecular weight excluding hydrogens is 424 g/mol. The summed E-state index contributed by atoms with van der Waals surface area (Å²) in [7, 11) is 1.69. The van der Waals surface area contributed by atoms with Gasteiger partial charge in [0.1, 0.15) is 17.1 Å². The van der Waals surface area contributed by atoms with Crippen LogP contribution in [0.3, 0.4) is 0 Å². The van der Waals surface area contributed by atoms with Crippen LogP contribution in [0.4, 0.5) is 11.5 Å². The van der Waals surface area contributed by atoms with E-state index < -0.39 is 6.10 Å². The van der Waals surface area contributed by atoms with E-state index >= 15 is 0 Å². The first-order chi connectivity index (χ1) is 15.9. The lowest BCUT2D eigenvalue weighted by Gasteiger charge is -2.34. The molecule has 0 aliphatic heterocycles. The Kier molecular flexibility index (Phi) is 5.63. The van der Waals surface area contributed by atoms with Crippen molar-refractivity contribution < 1.29 is 14.6 Å². The molecule has 174 valence electrons.